The van der Waals surface area contributed by atoms with Crippen LogP contribution in [0.15, 0.2) is 59.8 Å². The van der Waals surface area contributed by atoms with Crippen molar-refractivity contribution in [1.82, 2.24) is 19.7 Å². The smallest absolute Gasteiger partial charge is 0.233 e. The van der Waals surface area contributed by atoms with Crippen LogP contribution in [-0.2, 0) is 4.79 Å². The van der Waals surface area contributed by atoms with Gasteiger partial charge in [0.05, 0.1) is 12.9 Å². The van der Waals surface area contributed by atoms with Crippen molar-refractivity contribution in [3.8, 4) is 22.8 Å². The van der Waals surface area contributed by atoms with Gasteiger partial charge in [0.15, 0.2) is 11.0 Å². The SMILES string of the molecule is COc1ccc(-n2c(SCC(=O)N3C[C@]4(C)C[C@@H]3CC(C)(C)C4)nnc2-c2ccccc2)cc1. The summed E-state index contributed by atoms with van der Waals surface area (Å²) < 4.78 is 7.36. The molecule has 2 atom stereocenters. The first-order valence-electron chi connectivity index (χ1n) is 11.8. The van der Waals surface area contributed by atoms with Crippen molar-refractivity contribution in [3.05, 3.63) is 54.6 Å². The number of benzene rings is 2. The number of hydrogen-bond acceptors (Lipinski definition) is 5. The zero-order chi connectivity index (χ0) is 23.9. The number of carbonyl (C=O) groups excluding carboxylic acids is 1. The van der Waals surface area contributed by atoms with E-state index in [0.29, 0.717) is 22.4 Å². The summed E-state index contributed by atoms with van der Waals surface area (Å²) in [6.45, 7) is 7.87. The molecule has 6 nitrogen and oxygen atoms in total. The first-order chi connectivity index (χ1) is 16.3. The highest BCUT2D eigenvalue weighted by Gasteiger charge is 2.50. The van der Waals surface area contributed by atoms with Crippen molar-refractivity contribution in [1.29, 1.82) is 0 Å². The number of rotatable bonds is 6. The average molecular weight is 477 g/mol. The molecule has 1 saturated carbocycles. The fourth-order valence-corrected chi connectivity index (χ4v) is 6.90. The monoisotopic (exact) mass is 476 g/mol. The number of carbonyl (C=O) groups is 1. The van der Waals surface area contributed by atoms with Gasteiger partial charge >= 0.3 is 0 Å². The molecule has 7 heteroatoms. The van der Waals surface area contributed by atoms with E-state index in [1.165, 1.54) is 18.2 Å². The maximum atomic E-state index is 13.4. The first-order valence-corrected chi connectivity index (χ1v) is 12.8. The number of fused-ring (bicyclic) bond motifs is 2. The topological polar surface area (TPSA) is 60.2 Å². The van der Waals surface area contributed by atoms with Crippen molar-refractivity contribution in [3.63, 3.8) is 0 Å². The molecule has 2 aliphatic rings. The van der Waals surface area contributed by atoms with Gasteiger partial charge in [-0.15, -0.1) is 10.2 Å². The highest BCUT2D eigenvalue weighted by molar-refractivity contribution is 7.99. The fourth-order valence-electron chi connectivity index (χ4n) is 6.06. The summed E-state index contributed by atoms with van der Waals surface area (Å²) in [4.78, 5) is 15.5. The van der Waals surface area contributed by atoms with E-state index in [-0.39, 0.29) is 11.3 Å². The average Bonchev–Trinajstić information content (AvgIpc) is 3.35. The molecular formula is C27H32N4O2S. The lowest BCUT2D eigenvalue weighted by molar-refractivity contribution is -0.129. The van der Waals surface area contributed by atoms with Gasteiger partial charge in [0.25, 0.3) is 0 Å². The molecule has 5 rings (SSSR count). The fraction of sp³-hybridized carbons (Fsp3) is 0.444. The number of thioether (sulfide) groups is 1. The lowest BCUT2D eigenvalue weighted by Gasteiger charge is -2.39. The minimum atomic E-state index is 0.196. The molecule has 2 fully saturated rings. The molecular weight excluding hydrogens is 444 g/mol. The third-order valence-electron chi connectivity index (χ3n) is 7.06. The van der Waals surface area contributed by atoms with E-state index in [1.54, 1.807) is 7.11 Å². The molecule has 2 heterocycles. The van der Waals surface area contributed by atoms with Gasteiger partial charge in [-0.25, -0.2) is 0 Å². The number of nitrogens with zero attached hydrogens (tertiary/aromatic N) is 4. The number of likely N-dealkylation sites (tertiary alicyclic amines) is 1. The molecule has 1 amide bonds. The summed E-state index contributed by atoms with van der Waals surface area (Å²) in [5, 5.41) is 9.70. The minimum absolute atomic E-state index is 0.196. The first kappa shape index (κ1) is 23.0. The van der Waals surface area contributed by atoms with Crippen LogP contribution in [0.5, 0.6) is 5.75 Å². The second-order valence-electron chi connectivity index (χ2n) is 10.7. The lowest BCUT2D eigenvalue weighted by atomic mass is 9.65. The van der Waals surface area contributed by atoms with Crippen LogP contribution in [0, 0.1) is 10.8 Å². The molecule has 1 aliphatic carbocycles. The Balaban J connectivity index is 1.40. The molecule has 178 valence electrons. The molecule has 2 bridgehead atoms. The van der Waals surface area contributed by atoms with Crippen LogP contribution < -0.4 is 4.74 Å². The summed E-state index contributed by atoms with van der Waals surface area (Å²) in [6.07, 6.45) is 3.38. The van der Waals surface area contributed by atoms with Crippen LogP contribution in [0.1, 0.15) is 40.0 Å². The molecule has 3 aromatic rings. The van der Waals surface area contributed by atoms with Gasteiger partial charge in [-0.3, -0.25) is 9.36 Å². The standard InChI is InChI=1S/C27H32N4O2S/c1-26(2)14-21-15-27(3,17-26)18-30(21)23(32)16-34-25-29-28-24(19-8-6-5-7-9-19)31(25)20-10-12-22(33-4)13-11-20/h5-13,21H,14-18H2,1-4H3/t21-,27+/m0/s1. The number of methoxy groups -OCH3 is 1. The zero-order valence-electron chi connectivity index (χ0n) is 20.3. The Kier molecular flexibility index (Phi) is 5.92. The Morgan fingerprint density at radius 2 is 1.79 bits per heavy atom. The second-order valence-corrected chi connectivity index (χ2v) is 11.7. The number of aromatic nitrogens is 3. The van der Waals surface area contributed by atoms with Crippen LogP contribution in [-0.4, -0.2) is 51.0 Å². The summed E-state index contributed by atoms with van der Waals surface area (Å²) in [6, 6.07) is 18.2. The Morgan fingerprint density at radius 3 is 2.50 bits per heavy atom. The van der Waals surface area contributed by atoms with E-state index in [1.807, 2.05) is 59.2 Å². The van der Waals surface area contributed by atoms with Gasteiger partial charge in [-0.1, -0.05) is 62.9 Å². The van der Waals surface area contributed by atoms with E-state index in [0.717, 1.165) is 42.2 Å². The summed E-state index contributed by atoms with van der Waals surface area (Å²) >= 11 is 1.46. The highest BCUT2D eigenvalue weighted by Crippen LogP contribution is 2.52. The van der Waals surface area contributed by atoms with E-state index >= 15 is 0 Å². The van der Waals surface area contributed by atoms with Crippen molar-refractivity contribution >= 4 is 17.7 Å². The van der Waals surface area contributed by atoms with E-state index in [4.69, 9.17) is 4.74 Å². The van der Waals surface area contributed by atoms with Gasteiger partial charge in [-0.05, 0) is 54.4 Å². The Labute approximate surface area is 205 Å². The van der Waals surface area contributed by atoms with Crippen LogP contribution in [0.25, 0.3) is 17.1 Å². The second kappa shape index (κ2) is 8.77. The Morgan fingerprint density at radius 1 is 1.06 bits per heavy atom. The van der Waals surface area contributed by atoms with Crippen molar-refractivity contribution < 1.29 is 9.53 Å². The predicted molar refractivity (Wildman–Crippen MR) is 135 cm³/mol. The molecule has 0 unspecified atom stereocenters. The predicted octanol–water partition coefficient (Wildman–Crippen LogP) is 5.46. The number of amides is 1. The molecule has 1 aromatic heterocycles. The van der Waals surface area contributed by atoms with Crippen molar-refractivity contribution in [2.45, 2.75) is 51.2 Å². The Hall–Kier alpha value is -2.80. The highest BCUT2D eigenvalue weighted by atomic mass is 32.2. The van der Waals surface area contributed by atoms with Gasteiger partial charge in [0.2, 0.25) is 5.91 Å². The zero-order valence-corrected chi connectivity index (χ0v) is 21.1. The van der Waals surface area contributed by atoms with E-state index in [2.05, 4.69) is 35.9 Å². The summed E-state index contributed by atoms with van der Waals surface area (Å²) in [5.41, 5.74) is 2.44. The normalized spacial score (nSPS) is 23.2. The van der Waals surface area contributed by atoms with E-state index < -0.39 is 0 Å². The maximum absolute atomic E-state index is 13.4. The number of ether oxygens (including phenoxy) is 1. The van der Waals surface area contributed by atoms with Gasteiger partial charge < -0.3 is 9.64 Å². The molecule has 0 N–H and O–H groups in total. The van der Waals surface area contributed by atoms with Crippen LogP contribution >= 0.6 is 11.8 Å². The lowest BCUT2D eigenvalue weighted by Crippen LogP contribution is -2.38. The van der Waals surface area contributed by atoms with Gasteiger partial charge in [0, 0.05) is 23.8 Å². The van der Waals surface area contributed by atoms with E-state index in [9.17, 15) is 4.79 Å². The number of hydrogen-bond donors (Lipinski definition) is 0. The van der Waals surface area contributed by atoms with Crippen molar-refractivity contribution in [2.75, 3.05) is 19.4 Å². The quantitative estimate of drug-likeness (QED) is 0.442. The van der Waals surface area contributed by atoms with Crippen LogP contribution in [0.3, 0.4) is 0 Å². The van der Waals surface area contributed by atoms with Gasteiger partial charge in [-0.2, -0.15) is 0 Å². The molecule has 2 aromatic carbocycles. The van der Waals surface area contributed by atoms with Gasteiger partial charge in [0.1, 0.15) is 5.75 Å². The minimum Gasteiger partial charge on any atom is -0.497 e. The van der Waals surface area contributed by atoms with Crippen LogP contribution in [0.2, 0.25) is 0 Å². The molecule has 1 aliphatic heterocycles. The molecule has 0 radical (unpaired) electrons. The summed E-state index contributed by atoms with van der Waals surface area (Å²) in [7, 11) is 1.66. The van der Waals surface area contributed by atoms with Crippen LogP contribution in [0.4, 0.5) is 0 Å². The summed E-state index contributed by atoms with van der Waals surface area (Å²) in [5.74, 6) is 2.10. The largest absolute Gasteiger partial charge is 0.497 e. The third kappa shape index (κ3) is 4.45. The Bertz CT molecular complexity index is 1180. The van der Waals surface area contributed by atoms with Crippen molar-refractivity contribution in [2.24, 2.45) is 10.8 Å². The molecule has 34 heavy (non-hydrogen) atoms. The third-order valence-corrected chi connectivity index (χ3v) is 7.97. The molecule has 1 saturated heterocycles. The maximum Gasteiger partial charge on any atom is 0.233 e. The molecule has 0 spiro atoms.